The molecular weight excluding hydrogens is 336 g/mol. The van der Waals surface area contributed by atoms with Gasteiger partial charge in [-0.25, -0.2) is 0 Å². The van der Waals surface area contributed by atoms with Crippen molar-refractivity contribution in [3.05, 3.63) is 54.6 Å². The first-order valence-corrected chi connectivity index (χ1v) is 9.25. The Labute approximate surface area is 150 Å². The average Bonchev–Trinajstić information content (AvgIpc) is 3.20. The Hall–Kier alpha value is -2.47. The van der Waals surface area contributed by atoms with Gasteiger partial charge in [0.2, 0.25) is 5.91 Å². The summed E-state index contributed by atoms with van der Waals surface area (Å²) in [4.78, 5) is 25.7. The number of nitrogens with zero attached hydrogens (tertiary/aromatic N) is 1. The molecular formula is C19H18N2O3S. The molecule has 0 unspecified atom stereocenters. The van der Waals surface area contributed by atoms with Crippen molar-refractivity contribution in [2.45, 2.75) is 17.7 Å². The molecule has 2 aliphatic heterocycles. The first-order valence-electron chi connectivity index (χ1n) is 8.26. The molecule has 2 amide bonds. The lowest BCUT2D eigenvalue weighted by atomic mass is 10.2. The Morgan fingerprint density at radius 3 is 2.56 bits per heavy atom. The van der Waals surface area contributed by atoms with Gasteiger partial charge in [-0.1, -0.05) is 18.2 Å². The van der Waals surface area contributed by atoms with Crippen molar-refractivity contribution >= 4 is 29.3 Å². The van der Waals surface area contributed by atoms with Gasteiger partial charge in [-0.3, -0.25) is 9.59 Å². The molecule has 0 aliphatic carbocycles. The van der Waals surface area contributed by atoms with E-state index in [0.717, 1.165) is 11.5 Å². The Balaban J connectivity index is 1.44. The van der Waals surface area contributed by atoms with E-state index in [9.17, 15) is 9.59 Å². The molecule has 0 saturated carbocycles. The average molecular weight is 354 g/mol. The molecule has 25 heavy (non-hydrogen) atoms. The van der Waals surface area contributed by atoms with Gasteiger partial charge in [0.25, 0.3) is 5.91 Å². The summed E-state index contributed by atoms with van der Waals surface area (Å²) in [6.45, 7) is 0.654. The summed E-state index contributed by atoms with van der Waals surface area (Å²) in [6, 6.07) is 16.8. The van der Waals surface area contributed by atoms with Crippen LogP contribution >= 0.6 is 11.8 Å². The highest BCUT2D eigenvalue weighted by Crippen LogP contribution is 2.45. The quantitative estimate of drug-likeness (QED) is 0.913. The molecule has 2 aromatic carbocycles. The lowest BCUT2D eigenvalue weighted by Crippen LogP contribution is -2.48. The molecule has 1 N–H and O–H groups in total. The van der Waals surface area contributed by atoms with Gasteiger partial charge in [-0.2, -0.15) is 0 Å². The van der Waals surface area contributed by atoms with Crippen LogP contribution in [0.25, 0.3) is 0 Å². The van der Waals surface area contributed by atoms with Crippen molar-refractivity contribution in [1.82, 2.24) is 4.90 Å². The number of nitrogens with one attached hydrogen (secondary N) is 1. The van der Waals surface area contributed by atoms with E-state index in [1.165, 1.54) is 0 Å². The molecule has 2 fully saturated rings. The maximum absolute atomic E-state index is 12.8. The zero-order valence-corrected chi connectivity index (χ0v) is 14.4. The largest absolute Gasteiger partial charge is 0.457 e. The van der Waals surface area contributed by atoms with Crippen molar-refractivity contribution in [2.75, 3.05) is 17.6 Å². The van der Waals surface area contributed by atoms with E-state index in [-0.39, 0.29) is 11.8 Å². The minimum absolute atomic E-state index is 0.0757. The molecule has 0 aromatic heterocycles. The van der Waals surface area contributed by atoms with Crippen LogP contribution in [0.15, 0.2) is 54.6 Å². The predicted octanol–water partition coefficient (Wildman–Crippen LogP) is 3.48. The van der Waals surface area contributed by atoms with Crippen molar-refractivity contribution in [3.8, 4) is 11.5 Å². The van der Waals surface area contributed by atoms with E-state index in [0.29, 0.717) is 30.8 Å². The number of hydrogen-bond donors (Lipinski definition) is 1. The number of anilines is 1. The van der Waals surface area contributed by atoms with Gasteiger partial charge in [0.1, 0.15) is 11.5 Å². The fraction of sp³-hybridized carbons (Fsp3) is 0.263. The van der Waals surface area contributed by atoms with Gasteiger partial charge >= 0.3 is 0 Å². The Morgan fingerprint density at radius 1 is 1.08 bits per heavy atom. The first-order chi connectivity index (χ1) is 12.2. The molecule has 2 aromatic rings. The summed E-state index contributed by atoms with van der Waals surface area (Å²) in [5.41, 5.74) is 0.701. The second-order valence-electron chi connectivity index (χ2n) is 6.07. The minimum Gasteiger partial charge on any atom is -0.457 e. The van der Waals surface area contributed by atoms with Crippen LogP contribution in [-0.2, 0) is 9.59 Å². The lowest BCUT2D eigenvalue weighted by molar-refractivity contribution is -0.133. The normalized spacial score (nSPS) is 21.9. The lowest BCUT2D eigenvalue weighted by Gasteiger charge is -2.29. The molecule has 0 spiro atoms. The van der Waals surface area contributed by atoms with Crippen molar-refractivity contribution < 1.29 is 14.3 Å². The van der Waals surface area contributed by atoms with Crippen LogP contribution in [0.1, 0.15) is 12.8 Å². The Morgan fingerprint density at radius 2 is 1.80 bits per heavy atom. The highest BCUT2D eigenvalue weighted by atomic mass is 32.2. The summed E-state index contributed by atoms with van der Waals surface area (Å²) in [6.07, 6.45) is 1.03. The molecule has 2 saturated heterocycles. The number of carbonyl (C=O) groups is 2. The number of rotatable bonds is 4. The fourth-order valence-electron chi connectivity index (χ4n) is 3.27. The standard InChI is InChI=1S/C19H18N2O3S/c22-17-10-11-19(21(17)12-13-25-19)18(23)20-14-6-8-16(9-7-14)24-15-4-2-1-3-5-15/h1-9H,10-13H2,(H,20,23)/t19-/m0/s1. The molecule has 1 atom stereocenters. The molecule has 6 heteroatoms. The number of carbonyl (C=O) groups excluding carboxylic acids is 2. The summed E-state index contributed by atoms with van der Waals surface area (Å²) < 4.78 is 5.75. The third kappa shape index (κ3) is 2.98. The second-order valence-corrected chi connectivity index (χ2v) is 7.44. The Bertz CT molecular complexity index is 794. The first kappa shape index (κ1) is 16.0. The van der Waals surface area contributed by atoms with Gasteiger partial charge in [-0.15, -0.1) is 11.8 Å². The van der Waals surface area contributed by atoms with Crippen LogP contribution < -0.4 is 10.1 Å². The summed E-state index contributed by atoms with van der Waals surface area (Å²) in [5.74, 6) is 2.24. The topological polar surface area (TPSA) is 58.6 Å². The third-order valence-corrected chi connectivity index (χ3v) is 5.99. The second kappa shape index (κ2) is 6.44. The number of thioether (sulfide) groups is 1. The van der Waals surface area contributed by atoms with Gasteiger partial charge in [-0.05, 0) is 42.8 Å². The van der Waals surface area contributed by atoms with Crippen molar-refractivity contribution in [3.63, 3.8) is 0 Å². The summed E-state index contributed by atoms with van der Waals surface area (Å²) in [7, 11) is 0. The number of ether oxygens (including phenoxy) is 1. The van der Waals surface area contributed by atoms with Crippen LogP contribution in [0.5, 0.6) is 11.5 Å². The number of fused-ring (bicyclic) bond motifs is 1. The molecule has 128 valence electrons. The predicted molar refractivity (Wildman–Crippen MR) is 97.7 cm³/mol. The van der Waals surface area contributed by atoms with Crippen LogP contribution in [-0.4, -0.2) is 33.9 Å². The van der Waals surface area contributed by atoms with E-state index in [4.69, 9.17) is 4.74 Å². The number of amides is 2. The molecule has 5 nitrogen and oxygen atoms in total. The number of hydrogen-bond acceptors (Lipinski definition) is 4. The fourth-order valence-corrected chi connectivity index (χ4v) is 4.66. The van der Waals surface area contributed by atoms with Crippen LogP contribution in [0.2, 0.25) is 0 Å². The molecule has 2 aliphatic rings. The molecule has 0 bridgehead atoms. The summed E-state index contributed by atoms with van der Waals surface area (Å²) >= 11 is 1.56. The molecule has 0 radical (unpaired) electrons. The molecule has 4 rings (SSSR count). The number of para-hydroxylation sites is 1. The van der Waals surface area contributed by atoms with Crippen LogP contribution in [0.3, 0.4) is 0 Å². The monoisotopic (exact) mass is 354 g/mol. The van der Waals surface area contributed by atoms with E-state index in [1.807, 2.05) is 54.6 Å². The van der Waals surface area contributed by atoms with E-state index >= 15 is 0 Å². The molecule has 2 heterocycles. The number of benzene rings is 2. The van der Waals surface area contributed by atoms with E-state index < -0.39 is 4.87 Å². The van der Waals surface area contributed by atoms with Crippen LogP contribution in [0.4, 0.5) is 5.69 Å². The third-order valence-electron chi connectivity index (χ3n) is 4.52. The van der Waals surface area contributed by atoms with Gasteiger partial charge < -0.3 is 15.0 Å². The SMILES string of the molecule is O=C1CC[C@@]2(C(=O)Nc3ccc(Oc4ccccc4)cc3)SCCN12. The smallest absolute Gasteiger partial charge is 0.260 e. The Kier molecular flexibility index (Phi) is 4.13. The summed E-state index contributed by atoms with van der Waals surface area (Å²) in [5, 5.41) is 2.95. The highest BCUT2D eigenvalue weighted by Gasteiger charge is 2.54. The van der Waals surface area contributed by atoms with Crippen molar-refractivity contribution in [2.24, 2.45) is 0 Å². The maximum atomic E-state index is 12.8. The van der Waals surface area contributed by atoms with E-state index in [2.05, 4.69) is 5.32 Å². The van der Waals surface area contributed by atoms with Crippen LogP contribution in [0, 0.1) is 0 Å². The zero-order valence-electron chi connectivity index (χ0n) is 13.6. The van der Waals surface area contributed by atoms with Gasteiger partial charge in [0.15, 0.2) is 4.87 Å². The highest BCUT2D eigenvalue weighted by molar-refractivity contribution is 8.01. The van der Waals surface area contributed by atoms with Gasteiger partial charge in [0.05, 0.1) is 0 Å². The zero-order chi connectivity index (χ0) is 17.3. The maximum Gasteiger partial charge on any atom is 0.260 e. The van der Waals surface area contributed by atoms with E-state index in [1.54, 1.807) is 16.7 Å². The minimum atomic E-state index is -0.726. The van der Waals surface area contributed by atoms with Crippen molar-refractivity contribution in [1.29, 1.82) is 0 Å². The van der Waals surface area contributed by atoms with Gasteiger partial charge in [0, 0.05) is 24.4 Å².